The van der Waals surface area contributed by atoms with Gasteiger partial charge >= 0.3 is 0 Å². The van der Waals surface area contributed by atoms with Crippen LogP contribution in [0.2, 0.25) is 0 Å². The molecule has 0 aliphatic heterocycles. The van der Waals surface area contributed by atoms with Gasteiger partial charge in [0, 0.05) is 17.0 Å². The number of carbonyl (C=O) groups excluding carboxylic acids is 1. The highest BCUT2D eigenvalue weighted by molar-refractivity contribution is 6.07. The van der Waals surface area contributed by atoms with Crippen molar-refractivity contribution in [3.63, 3.8) is 0 Å². The molecule has 0 aliphatic rings. The summed E-state index contributed by atoms with van der Waals surface area (Å²) in [5, 5.41) is 4.19. The maximum Gasteiger partial charge on any atom is 0.252 e. The van der Waals surface area contributed by atoms with Gasteiger partial charge in [-0.15, -0.1) is 0 Å². The number of benzene rings is 2. The van der Waals surface area contributed by atoms with Crippen molar-refractivity contribution in [2.75, 3.05) is 0 Å². The van der Waals surface area contributed by atoms with Gasteiger partial charge in [0.2, 0.25) is 0 Å². The third-order valence-electron chi connectivity index (χ3n) is 3.58. The Labute approximate surface area is 119 Å². The Balaban J connectivity index is 2.33. The minimum Gasteiger partial charge on any atom is -0.349 e. The third-order valence-corrected chi connectivity index (χ3v) is 3.58. The minimum absolute atomic E-state index is 0.124. The zero-order valence-corrected chi connectivity index (χ0v) is 11.9. The van der Waals surface area contributed by atoms with E-state index in [0.29, 0.717) is 16.3 Å². The second-order valence-electron chi connectivity index (χ2n) is 5.01. The molecule has 2 aromatic carbocycles. The number of carbonyl (C=O) groups is 1. The van der Waals surface area contributed by atoms with Gasteiger partial charge in [-0.3, -0.25) is 4.79 Å². The molecule has 0 aliphatic carbocycles. The predicted molar refractivity (Wildman–Crippen MR) is 80.4 cm³/mol. The fraction of sp³-hybridized carbons (Fsp3) is 0.353. The maximum absolute atomic E-state index is 13.7. The van der Waals surface area contributed by atoms with Crippen LogP contribution in [0.25, 0.3) is 10.8 Å². The summed E-state index contributed by atoms with van der Waals surface area (Å²) >= 11 is 0. The van der Waals surface area contributed by atoms with Crippen molar-refractivity contribution < 1.29 is 9.18 Å². The molecule has 2 rings (SSSR count). The lowest BCUT2D eigenvalue weighted by Gasteiger charge is -2.17. The van der Waals surface area contributed by atoms with Gasteiger partial charge in [0.05, 0.1) is 0 Å². The molecule has 0 radical (unpaired) electrons. The summed E-state index contributed by atoms with van der Waals surface area (Å²) in [6, 6.07) is 10.2. The van der Waals surface area contributed by atoms with Crippen molar-refractivity contribution in [2.45, 2.75) is 39.2 Å². The van der Waals surface area contributed by atoms with E-state index in [9.17, 15) is 9.18 Å². The molecule has 0 aromatic heterocycles. The number of amides is 1. The first-order valence-electron chi connectivity index (χ1n) is 7.15. The lowest BCUT2D eigenvalue weighted by atomic mass is 10.0. The van der Waals surface area contributed by atoms with Gasteiger partial charge in [-0.2, -0.15) is 0 Å². The van der Waals surface area contributed by atoms with Gasteiger partial charge in [0.25, 0.3) is 5.91 Å². The Morgan fingerprint density at radius 2 is 1.85 bits per heavy atom. The van der Waals surface area contributed by atoms with E-state index in [0.717, 1.165) is 19.3 Å². The van der Waals surface area contributed by atoms with Gasteiger partial charge in [-0.05, 0) is 30.4 Å². The molecular weight excluding hydrogens is 253 g/mol. The van der Waals surface area contributed by atoms with Crippen LogP contribution in [0.4, 0.5) is 4.39 Å². The molecule has 20 heavy (non-hydrogen) atoms. The molecular formula is C17H20FNO. The van der Waals surface area contributed by atoms with Gasteiger partial charge in [-0.1, -0.05) is 44.5 Å². The average molecular weight is 273 g/mol. The summed E-state index contributed by atoms with van der Waals surface area (Å²) in [6.45, 7) is 4.16. The summed E-state index contributed by atoms with van der Waals surface area (Å²) in [5.74, 6) is -0.417. The van der Waals surface area contributed by atoms with E-state index < -0.39 is 0 Å². The summed E-state index contributed by atoms with van der Waals surface area (Å²) in [7, 11) is 0. The molecule has 1 N–H and O–H groups in total. The SMILES string of the molecule is CCCC(CC)NC(=O)c1ccc(F)c2ccccc12. The maximum atomic E-state index is 13.7. The molecule has 0 saturated carbocycles. The number of nitrogens with one attached hydrogen (secondary N) is 1. The summed E-state index contributed by atoms with van der Waals surface area (Å²) in [4.78, 5) is 12.4. The fourth-order valence-corrected chi connectivity index (χ4v) is 2.45. The van der Waals surface area contributed by atoms with Crippen molar-refractivity contribution in [2.24, 2.45) is 0 Å². The van der Waals surface area contributed by atoms with Gasteiger partial charge in [-0.25, -0.2) is 4.39 Å². The molecule has 3 heteroatoms. The summed E-state index contributed by atoms with van der Waals surface area (Å²) in [6.07, 6.45) is 2.89. The van der Waals surface area contributed by atoms with Crippen molar-refractivity contribution in [1.29, 1.82) is 0 Å². The van der Waals surface area contributed by atoms with Gasteiger partial charge in [0.15, 0.2) is 0 Å². The zero-order valence-electron chi connectivity index (χ0n) is 11.9. The van der Waals surface area contributed by atoms with E-state index in [1.165, 1.54) is 6.07 Å². The number of halogens is 1. The first-order chi connectivity index (χ1) is 9.67. The van der Waals surface area contributed by atoms with Crippen molar-refractivity contribution in [1.82, 2.24) is 5.32 Å². The summed E-state index contributed by atoms with van der Waals surface area (Å²) < 4.78 is 13.7. The zero-order chi connectivity index (χ0) is 14.5. The highest BCUT2D eigenvalue weighted by Crippen LogP contribution is 2.22. The standard InChI is InChI=1S/C17H20FNO/c1-3-7-12(4-2)19-17(20)15-10-11-16(18)14-9-6-5-8-13(14)15/h5-6,8-12H,3-4,7H2,1-2H3,(H,19,20). The first kappa shape index (κ1) is 14.5. The van der Waals surface area contributed by atoms with Crippen LogP contribution in [0.3, 0.4) is 0 Å². The van der Waals surface area contributed by atoms with Crippen LogP contribution < -0.4 is 5.32 Å². The number of fused-ring (bicyclic) bond motifs is 1. The lowest BCUT2D eigenvalue weighted by molar-refractivity contribution is 0.0935. The topological polar surface area (TPSA) is 29.1 Å². The monoisotopic (exact) mass is 273 g/mol. The quantitative estimate of drug-likeness (QED) is 0.865. The normalized spacial score (nSPS) is 12.3. The van der Waals surface area contributed by atoms with Crippen LogP contribution in [0.1, 0.15) is 43.5 Å². The Morgan fingerprint density at radius 3 is 2.50 bits per heavy atom. The first-order valence-corrected chi connectivity index (χ1v) is 7.15. The second kappa shape index (κ2) is 6.51. The predicted octanol–water partition coefficient (Wildman–Crippen LogP) is 4.29. The van der Waals surface area contributed by atoms with E-state index >= 15 is 0 Å². The van der Waals surface area contributed by atoms with E-state index in [1.807, 2.05) is 6.07 Å². The van der Waals surface area contributed by atoms with Crippen LogP contribution >= 0.6 is 0 Å². The van der Waals surface area contributed by atoms with E-state index in [-0.39, 0.29) is 17.8 Å². The van der Waals surface area contributed by atoms with E-state index in [2.05, 4.69) is 19.2 Å². The largest absolute Gasteiger partial charge is 0.349 e. The smallest absolute Gasteiger partial charge is 0.252 e. The minimum atomic E-state index is -0.294. The number of hydrogen-bond donors (Lipinski definition) is 1. The third kappa shape index (κ3) is 2.98. The molecule has 1 unspecified atom stereocenters. The number of hydrogen-bond acceptors (Lipinski definition) is 1. The van der Waals surface area contributed by atoms with Gasteiger partial charge in [0.1, 0.15) is 5.82 Å². The molecule has 0 saturated heterocycles. The van der Waals surface area contributed by atoms with Crippen LogP contribution in [-0.4, -0.2) is 11.9 Å². The van der Waals surface area contributed by atoms with Crippen LogP contribution in [-0.2, 0) is 0 Å². The molecule has 2 nitrogen and oxygen atoms in total. The fourth-order valence-electron chi connectivity index (χ4n) is 2.45. The highest BCUT2D eigenvalue weighted by Gasteiger charge is 2.15. The molecule has 106 valence electrons. The van der Waals surface area contributed by atoms with E-state index in [4.69, 9.17) is 0 Å². The Bertz CT molecular complexity index is 609. The lowest BCUT2D eigenvalue weighted by Crippen LogP contribution is -2.34. The molecule has 1 amide bonds. The Hall–Kier alpha value is -1.90. The molecule has 0 bridgehead atoms. The van der Waals surface area contributed by atoms with Crippen molar-refractivity contribution in [3.8, 4) is 0 Å². The molecule has 0 spiro atoms. The molecule has 2 aromatic rings. The Kier molecular flexibility index (Phi) is 4.72. The Morgan fingerprint density at radius 1 is 1.15 bits per heavy atom. The van der Waals surface area contributed by atoms with Crippen LogP contribution in [0.15, 0.2) is 36.4 Å². The molecule has 0 fully saturated rings. The molecule has 0 heterocycles. The highest BCUT2D eigenvalue weighted by atomic mass is 19.1. The second-order valence-corrected chi connectivity index (χ2v) is 5.01. The molecule has 1 atom stereocenters. The van der Waals surface area contributed by atoms with Gasteiger partial charge < -0.3 is 5.32 Å². The average Bonchev–Trinajstić information content (AvgIpc) is 2.47. The van der Waals surface area contributed by atoms with E-state index in [1.54, 1.807) is 24.3 Å². The summed E-state index contributed by atoms with van der Waals surface area (Å²) in [5.41, 5.74) is 0.538. The van der Waals surface area contributed by atoms with Crippen molar-refractivity contribution >= 4 is 16.7 Å². The van der Waals surface area contributed by atoms with Crippen molar-refractivity contribution in [3.05, 3.63) is 47.8 Å². The number of rotatable bonds is 5. The van der Waals surface area contributed by atoms with Crippen LogP contribution in [0, 0.1) is 5.82 Å². The van der Waals surface area contributed by atoms with Crippen LogP contribution in [0.5, 0.6) is 0 Å².